The molecule has 0 aliphatic carbocycles. The van der Waals surface area contributed by atoms with Crippen LogP contribution in [0.2, 0.25) is 0 Å². The molecule has 26 heavy (non-hydrogen) atoms. The number of nitrogens with zero attached hydrogens (tertiary/aromatic N) is 3. The summed E-state index contributed by atoms with van der Waals surface area (Å²) in [5.74, 6) is 1.02. The molecule has 0 spiro atoms. The van der Waals surface area contributed by atoms with Crippen molar-refractivity contribution in [3.8, 4) is 5.69 Å². The second-order valence-electron chi connectivity index (χ2n) is 6.09. The number of carbonyl (C=O) groups is 1. The minimum Gasteiger partial charge on any atom is -0.325 e. The number of amides is 1. The summed E-state index contributed by atoms with van der Waals surface area (Å²) in [5, 5.41) is 12.0. The highest BCUT2D eigenvalue weighted by Gasteiger charge is 2.13. The van der Waals surface area contributed by atoms with Crippen molar-refractivity contribution in [2.75, 3.05) is 11.1 Å². The largest absolute Gasteiger partial charge is 0.325 e. The van der Waals surface area contributed by atoms with Crippen LogP contribution in [0.5, 0.6) is 0 Å². The molecular formula is C20H22N4OS. The lowest BCUT2D eigenvalue weighted by Crippen LogP contribution is -2.14. The molecule has 0 aliphatic rings. The average molecular weight is 366 g/mol. The molecule has 0 radical (unpaired) electrons. The first-order valence-corrected chi connectivity index (χ1v) is 9.56. The number of hydrogen-bond acceptors (Lipinski definition) is 4. The second-order valence-corrected chi connectivity index (χ2v) is 7.03. The van der Waals surface area contributed by atoms with Gasteiger partial charge in [-0.05, 0) is 55.7 Å². The van der Waals surface area contributed by atoms with Gasteiger partial charge in [-0.1, -0.05) is 43.0 Å². The molecule has 6 heteroatoms. The Balaban J connectivity index is 1.67. The van der Waals surface area contributed by atoms with Crippen LogP contribution < -0.4 is 5.32 Å². The van der Waals surface area contributed by atoms with Gasteiger partial charge in [0.25, 0.3) is 0 Å². The average Bonchev–Trinajstić information content (AvgIpc) is 3.01. The van der Waals surface area contributed by atoms with Crippen LogP contribution in [0.1, 0.15) is 23.9 Å². The van der Waals surface area contributed by atoms with Gasteiger partial charge in [-0.25, -0.2) is 0 Å². The van der Waals surface area contributed by atoms with Crippen LogP contribution in [-0.4, -0.2) is 26.4 Å². The van der Waals surface area contributed by atoms with E-state index < -0.39 is 0 Å². The topological polar surface area (TPSA) is 59.8 Å². The van der Waals surface area contributed by atoms with Crippen molar-refractivity contribution in [3.05, 3.63) is 65.5 Å². The third-order valence-electron chi connectivity index (χ3n) is 4.03. The first kappa shape index (κ1) is 18.2. The highest BCUT2D eigenvalue weighted by molar-refractivity contribution is 7.99. The van der Waals surface area contributed by atoms with Crippen molar-refractivity contribution in [1.29, 1.82) is 0 Å². The molecule has 5 nitrogen and oxygen atoms in total. The monoisotopic (exact) mass is 366 g/mol. The summed E-state index contributed by atoms with van der Waals surface area (Å²) >= 11 is 1.38. The smallest absolute Gasteiger partial charge is 0.234 e. The summed E-state index contributed by atoms with van der Waals surface area (Å²) in [7, 11) is 0. The summed E-state index contributed by atoms with van der Waals surface area (Å²) in [6.07, 6.45) is 0.984. The zero-order valence-corrected chi connectivity index (χ0v) is 16.0. The minimum absolute atomic E-state index is 0.0595. The van der Waals surface area contributed by atoms with E-state index in [1.54, 1.807) is 0 Å². The van der Waals surface area contributed by atoms with Crippen LogP contribution in [0.25, 0.3) is 5.69 Å². The summed E-state index contributed by atoms with van der Waals surface area (Å²) in [4.78, 5) is 12.3. The Morgan fingerprint density at radius 1 is 1.12 bits per heavy atom. The molecule has 1 heterocycles. The van der Waals surface area contributed by atoms with Crippen molar-refractivity contribution in [1.82, 2.24) is 14.8 Å². The Labute approximate surface area is 157 Å². The molecule has 0 aliphatic heterocycles. The van der Waals surface area contributed by atoms with Gasteiger partial charge in [-0.2, -0.15) is 0 Å². The van der Waals surface area contributed by atoms with Crippen molar-refractivity contribution in [2.45, 2.75) is 32.3 Å². The Morgan fingerprint density at radius 3 is 2.58 bits per heavy atom. The molecule has 0 fully saturated rings. The molecule has 0 unspecified atom stereocenters. The van der Waals surface area contributed by atoms with E-state index in [1.165, 1.54) is 22.9 Å². The van der Waals surface area contributed by atoms with Crippen LogP contribution in [0.3, 0.4) is 0 Å². The molecule has 134 valence electrons. The standard InChI is InChI=1S/C20H22N4OS/c1-4-16-8-10-17(11-9-16)21-19(25)13-26-20-23-22-15(3)24(20)18-7-5-6-14(2)12-18/h5-12H,4,13H2,1-3H3,(H,21,25). The van der Waals surface area contributed by atoms with E-state index >= 15 is 0 Å². The number of thioether (sulfide) groups is 1. The molecular weight excluding hydrogens is 344 g/mol. The van der Waals surface area contributed by atoms with Gasteiger partial charge in [0.15, 0.2) is 5.16 Å². The van der Waals surface area contributed by atoms with E-state index in [0.717, 1.165) is 23.6 Å². The maximum atomic E-state index is 12.3. The summed E-state index contributed by atoms with van der Waals surface area (Å²) in [6, 6.07) is 16.1. The van der Waals surface area contributed by atoms with Gasteiger partial charge in [0.1, 0.15) is 5.82 Å². The van der Waals surface area contributed by atoms with E-state index in [2.05, 4.69) is 28.5 Å². The summed E-state index contributed by atoms with van der Waals surface area (Å²) in [5.41, 5.74) is 4.23. The van der Waals surface area contributed by atoms with Gasteiger partial charge in [0.05, 0.1) is 5.75 Å². The normalized spacial score (nSPS) is 10.7. The molecule has 0 atom stereocenters. The van der Waals surface area contributed by atoms with Crippen molar-refractivity contribution < 1.29 is 4.79 Å². The number of hydrogen-bond donors (Lipinski definition) is 1. The predicted octanol–water partition coefficient (Wildman–Crippen LogP) is 4.18. The van der Waals surface area contributed by atoms with Crippen LogP contribution in [0.15, 0.2) is 53.7 Å². The Bertz CT molecular complexity index is 902. The number of benzene rings is 2. The molecule has 0 saturated heterocycles. The van der Waals surface area contributed by atoms with Gasteiger partial charge in [0.2, 0.25) is 5.91 Å². The van der Waals surface area contributed by atoms with Crippen LogP contribution in [-0.2, 0) is 11.2 Å². The zero-order chi connectivity index (χ0) is 18.5. The van der Waals surface area contributed by atoms with E-state index in [4.69, 9.17) is 0 Å². The van der Waals surface area contributed by atoms with Gasteiger partial charge >= 0.3 is 0 Å². The Kier molecular flexibility index (Phi) is 5.73. The molecule has 3 rings (SSSR count). The van der Waals surface area contributed by atoms with Gasteiger partial charge < -0.3 is 5.32 Å². The number of rotatable bonds is 6. The first-order valence-electron chi connectivity index (χ1n) is 8.57. The number of nitrogens with one attached hydrogen (secondary N) is 1. The summed E-state index contributed by atoms with van der Waals surface area (Å²) in [6.45, 7) is 6.07. The van der Waals surface area contributed by atoms with Crippen molar-refractivity contribution in [3.63, 3.8) is 0 Å². The maximum Gasteiger partial charge on any atom is 0.234 e. The molecule has 0 saturated carbocycles. The zero-order valence-electron chi connectivity index (χ0n) is 15.2. The van der Waals surface area contributed by atoms with Crippen LogP contribution in [0, 0.1) is 13.8 Å². The van der Waals surface area contributed by atoms with E-state index in [0.29, 0.717) is 5.16 Å². The van der Waals surface area contributed by atoms with Crippen molar-refractivity contribution >= 4 is 23.4 Å². The third-order valence-corrected chi connectivity index (χ3v) is 4.96. The highest BCUT2D eigenvalue weighted by atomic mass is 32.2. The third kappa shape index (κ3) is 4.32. The molecule has 1 amide bonds. The fourth-order valence-electron chi connectivity index (χ4n) is 2.65. The lowest BCUT2D eigenvalue weighted by atomic mass is 10.1. The second kappa shape index (κ2) is 8.19. The lowest BCUT2D eigenvalue weighted by molar-refractivity contribution is -0.113. The van der Waals surface area contributed by atoms with E-state index in [1.807, 2.05) is 60.9 Å². The molecule has 1 aromatic heterocycles. The molecule has 0 bridgehead atoms. The fraction of sp³-hybridized carbons (Fsp3) is 0.250. The Morgan fingerprint density at radius 2 is 1.88 bits per heavy atom. The number of aryl methyl sites for hydroxylation is 3. The SMILES string of the molecule is CCc1ccc(NC(=O)CSc2nnc(C)n2-c2cccc(C)c2)cc1. The Hall–Kier alpha value is -2.60. The lowest BCUT2D eigenvalue weighted by Gasteiger charge is -2.09. The molecule has 1 N–H and O–H groups in total. The van der Waals surface area contributed by atoms with E-state index in [-0.39, 0.29) is 11.7 Å². The van der Waals surface area contributed by atoms with E-state index in [9.17, 15) is 4.79 Å². The van der Waals surface area contributed by atoms with Gasteiger partial charge in [-0.15, -0.1) is 10.2 Å². The maximum absolute atomic E-state index is 12.3. The molecule has 2 aromatic carbocycles. The number of aromatic nitrogens is 3. The van der Waals surface area contributed by atoms with Crippen LogP contribution in [0.4, 0.5) is 5.69 Å². The highest BCUT2D eigenvalue weighted by Crippen LogP contribution is 2.22. The number of carbonyl (C=O) groups excluding carboxylic acids is 1. The first-order chi connectivity index (χ1) is 12.6. The van der Waals surface area contributed by atoms with Gasteiger partial charge in [-0.3, -0.25) is 9.36 Å². The van der Waals surface area contributed by atoms with Crippen molar-refractivity contribution in [2.24, 2.45) is 0 Å². The fourth-order valence-corrected chi connectivity index (χ4v) is 3.45. The number of anilines is 1. The minimum atomic E-state index is -0.0595. The predicted molar refractivity (Wildman–Crippen MR) is 106 cm³/mol. The quantitative estimate of drug-likeness (QED) is 0.665. The summed E-state index contributed by atoms with van der Waals surface area (Å²) < 4.78 is 1.97. The van der Waals surface area contributed by atoms with Crippen LogP contribution >= 0.6 is 11.8 Å². The molecule has 3 aromatic rings. The van der Waals surface area contributed by atoms with Gasteiger partial charge in [0, 0.05) is 11.4 Å².